The second-order valence-corrected chi connectivity index (χ2v) is 6.12. The maximum Gasteiger partial charge on any atom is 0.124 e. The Morgan fingerprint density at radius 2 is 1.90 bits per heavy atom. The van der Waals surface area contributed by atoms with Crippen LogP contribution in [-0.4, -0.2) is 24.9 Å². The van der Waals surface area contributed by atoms with Crippen LogP contribution in [0.25, 0.3) is 0 Å². The number of para-hydroxylation sites is 1. The minimum atomic E-state index is 0.344. The van der Waals surface area contributed by atoms with E-state index in [1.54, 1.807) is 0 Å². The number of rotatable bonds is 4. The molecule has 110 valence electrons. The predicted octanol–water partition coefficient (Wildman–Crippen LogP) is 2.90. The van der Waals surface area contributed by atoms with Gasteiger partial charge in [-0.2, -0.15) is 0 Å². The molecule has 1 aromatic rings. The molecular formula is C17H25NO2. The fourth-order valence-electron chi connectivity index (χ4n) is 3.64. The molecule has 20 heavy (non-hydrogen) atoms. The van der Waals surface area contributed by atoms with Crippen LogP contribution in [0.4, 0.5) is 0 Å². The second-order valence-electron chi connectivity index (χ2n) is 6.12. The molecule has 3 heteroatoms. The lowest BCUT2D eigenvalue weighted by atomic mass is 9.79. The lowest BCUT2D eigenvalue weighted by Gasteiger charge is -2.33. The molecule has 3 nitrogen and oxygen atoms in total. The number of aliphatic hydroxyl groups is 1. The summed E-state index contributed by atoms with van der Waals surface area (Å²) >= 11 is 0. The average Bonchev–Trinajstić information content (AvgIpc) is 2.53. The Hall–Kier alpha value is -1.06. The van der Waals surface area contributed by atoms with Crippen LogP contribution in [0.5, 0.6) is 5.75 Å². The van der Waals surface area contributed by atoms with Gasteiger partial charge in [0, 0.05) is 24.6 Å². The molecule has 1 saturated carbocycles. The number of nitrogens with one attached hydrogen (secondary N) is 1. The first-order valence-corrected chi connectivity index (χ1v) is 7.94. The van der Waals surface area contributed by atoms with Gasteiger partial charge in [-0.25, -0.2) is 0 Å². The van der Waals surface area contributed by atoms with Crippen molar-refractivity contribution in [2.24, 2.45) is 11.8 Å². The van der Waals surface area contributed by atoms with Crippen LogP contribution in [-0.2, 0) is 0 Å². The summed E-state index contributed by atoms with van der Waals surface area (Å²) in [6.07, 6.45) is 6.07. The predicted molar refractivity (Wildman–Crippen MR) is 79.8 cm³/mol. The summed E-state index contributed by atoms with van der Waals surface area (Å²) in [6, 6.07) is 8.74. The molecule has 0 aromatic heterocycles. The molecule has 0 bridgehead atoms. The fraction of sp³-hybridized carbons (Fsp3) is 0.647. The molecule has 3 atom stereocenters. The molecule has 2 N–H and O–H groups in total. The van der Waals surface area contributed by atoms with Crippen LogP contribution in [0.1, 0.15) is 43.7 Å². The normalized spacial score (nSPS) is 29.6. The highest BCUT2D eigenvalue weighted by molar-refractivity contribution is 5.37. The van der Waals surface area contributed by atoms with Gasteiger partial charge in [-0.05, 0) is 37.3 Å². The number of fused-ring (bicyclic) bond motifs is 1. The lowest BCUT2D eigenvalue weighted by molar-refractivity contribution is 0.128. The third-order valence-corrected chi connectivity index (χ3v) is 4.89. The van der Waals surface area contributed by atoms with E-state index in [0.29, 0.717) is 24.5 Å². The van der Waals surface area contributed by atoms with Gasteiger partial charge in [-0.1, -0.05) is 31.0 Å². The Kier molecular flexibility index (Phi) is 4.58. The fourth-order valence-corrected chi connectivity index (χ4v) is 3.64. The van der Waals surface area contributed by atoms with Gasteiger partial charge < -0.3 is 15.2 Å². The quantitative estimate of drug-likeness (QED) is 0.888. The molecule has 0 amide bonds. The van der Waals surface area contributed by atoms with Crippen molar-refractivity contribution in [1.29, 1.82) is 0 Å². The molecule has 1 aliphatic carbocycles. The monoisotopic (exact) mass is 275 g/mol. The summed E-state index contributed by atoms with van der Waals surface area (Å²) in [5, 5.41) is 13.2. The van der Waals surface area contributed by atoms with E-state index in [9.17, 15) is 5.11 Å². The van der Waals surface area contributed by atoms with Crippen molar-refractivity contribution in [1.82, 2.24) is 5.32 Å². The van der Waals surface area contributed by atoms with Gasteiger partial charge in [0.05, 0.1) is 6.61 Å². The van der Waals surface area contributed by atoms with E-state index in [-0.39, 0.29) is 0 Å². The minimum absolute atomic E-state index is 0.344. The zero-order valence-corrected chi connectivity index (χ0v) is 12.1. The molecule has 1 fully saturated rings. The van der Waals surface area contributed by atoms with Crippen LogP contribution >= 0.6 is 0 Å². The van der Waals surface area contributed by atoms with Crippen molar-refractivity contribution >= 4 is 0 Å². The summed E-state index contributed by atoms with van der Waals surface area (Å²) in [7, 11) is 0. The number of benzene rings is 1. The number of ether oxygens (including phenoxy) is 1. The second kappa shape index (κ2) is 6.59. The van der Waals surface area contributed by atoms with Gasteiger partial charge in [-0.15, -0.1) is 0 Å². The zero-order valence-electron chi connectivity index (χ0n) is 12.1. The molecule has 1 heterocycles. The largest absolute Gasteiger partial charge is 0.493 e. The molecule has 1 aliphatic heterocycles. The van der Waals surface area contributed by atoms with E-state index in [1.807, 2.05) is 6.07 Å². The Bertz CT molecular complexity index is 435. The highest BCUT2D eigenvalue weighted by Crippen LogP contribution is 2.33. The molecule has 3 unspecified atom stereocenters. The summed E-state index contributed by atoms with van der Waals surface area (Å²) in [5.41, 5.74) is 1.29. The van der Waals surface area contributed by atoms with E-state index < -0.39 is 0 Å². The van der Waals surface area contributed by atoms with Crippen LogP contribution in [0.3, 0.4) is 0 Å². The Morgan fingerprint density at radius 3 is 2.75 bits per heavy atom. The molecule has 0 saturated heterocycles. The van der Waals surface area contributed by atoms with Crippen LogP contribution in [0, 0.1) is 11.8 Å². The standard InChI is InChI=1S/C17H25NO2/c19-12-14-6-2-1-5-13(14)11-18-16-9-10-20-17-8-4-3-7-15(16)17/h3-4,7-8,13-14,16,18-19H,1-2,5-6,9-12H2. The molecule has 1 aromatic carbocycles. The number of hydrogen-bond acceptors (Lipinski definition) is 3. The van der Waals surface area contributed by atoms with Gasteiger partial charge in [-0.3, -0.25) is 0 Å². The topological polar surface area (TPSA) is 41.5 Å². The molecule has 0 radical (unpaired) electrons. The van der Waals surface area contributed by atoms with Crippen LogP contribution in [0.2, 0.25) is 0 Å². The van der Waals surface area contributed by atoms with Gasteiger partial charge in [0.25, 0.3) is 0 Å². The molecule has 3 rings (SSSR count). The van der Waals surface area contributed by atoms with Crippen LogP contribution in [0.15, 0.2) is 24.3 Å². The average molecular weight is 275 g/mol. The lowest BCUT2D eigenvalue weighted by Crippen LogP contribution is -2.36. The Morgan fingerprint density at radius 1 is 1.10 bits per heavy atom. The van der Waals surface area contributed by atoms with Gasteiger partial charge in [0.2, 0.25) is 0 Å². The summed E-state index contributed by atoms with van der Waals surface area (Å²) in [4.78, 5) is 0. The first-order valence-electron chi connectivity index (χ1n) is 7.94. The van der Waals surface area contributed by atoms with Crippen molar-refractivity contribution in [3.05, 3.63) is 29.8 Å². The summed E-state index contributed by atoms with van der Waals surface area (Å²) in [5.74, 6) is 2.15. The maximum atomic E-state index is 9.51. The Balaban J connectivity index is 1.61. The van der Waals surface area contributed by atoms with E-state index in [0.717, 1.165) is 25.3 Å². The minimum Gasteiger partial charge on any atom is -0.493 e. The van der Waals surface area contributed by atoms with Gasteiger partial charge >= 0.3 is 0 Å². The van der Waals surface area contributed by atoms with E-state index in [4.69, 9.17) is 4.74 Å². The maximum absolute atomic E-state index is 9.51. The van der Waals surface area contributed by atoms with E-state index >= 15 is 0 Å². The molecule has 2 aliphatic rings. The number of hydrogen-bond donors (Lipinski definition) is 2. The van der Waals surface area contributed by atoms with Gasteiger partial charge in [0.15, 0.2) is 0 Å². The Labute approximate surface area is 121 Å². The van der Waals surface area contributed by atoms with Crippen molar-refractivity contribution in [3.8, 4) is 5.75 Å². The third-order valence-electron chi connectivity index (χ3n) is 4.89. The van der Waals surface area contributed by atoms with Crippen molar-refractivity contribution < 1.29 is 9.84 Å². The zero-order chi connectivity index (χ0) is 13.8. The first kappa shape index (κ1) is 13.9. The number of aliphatic hydroxyl groups excluding tert-OH is 1. The first-order chi connectivity index (χ1) is 9.88. The van der Waals surface area contributed by atoms with Crippen molar-refractivity contribution in [2.75, 3.05) is 19.8 Å². The van der Waals surface area contributed by atoms with E-state index in [2.05, 4.69) is 23.5 Å². The third kappa shape index (κ3) is 2.99. The smallest absolute Gasteiger partial charge is 0.124 e. The summed E-state index contributed by atoms with van der Waals surface area (Å²) in [6.45, 7) is 2.16. The molecular weight excluding hydrogens is 250 g/mol. The highest BCUT2D eigenvalue weighted by atomic mass is 16.5. The molecule has 0 spiro atoms. The summed E-state index contributed by atoms with van der Waals surface area (Å²) < 4.78 is 5.71. The van der Waals surface area contributed by atoms with Gasteiger partial charge in [0.1, 0.15) is 5.75 Å². The van der Waals surface area contributed by atoms with Crippen molar-refractivity contribution in [2.45, 2.75) is 38.1 Å². The highest BCUT2D eigenvalue weighted by Gasteiger charge is 2.26. The van der Waals surface area contributed by atoms with Crippen molar-refractivity contribution in [3.63, 3.8) is 0 Å². The SMILES string of the molecule is OCC1CCCCC1CNC1CCOc2ccccc21. The van der Waals surface area contributed by atoms with E-state index in [1.165, 1.54) is 31.2 Å². The van der Waals surface area contributed by atoms with Crippen LogP contribution < -0.4 is 10.1 Å².